The molecule has 2 atom stereocenters. The summed E-state index contributed by atoms with van der Waals surface area (Å²) in [4.78, 5) is 14.2. The summed E-state index contributed by atoms with van der Waals surface area (Å²) in [5, 5.41) is 7.87. The van der Waals surface area contributed by atoms with Gasteiger partial charge in [0.25, 0.3) is 0 Å². The lowest BCUT2D eigenvalue weighted by Gasteiger charge is -2.09. The Balaban J connectivity index is 1.51. The Kier molecular flexibility index (Phi) is 5.08. The molecule has 1 saturated heterocycles. The quantitative estimate of drug-likeness (QED) is 0.742. The number of benzene rings is 2. The van der Waals surface area contributed by atoms with Gasteiger partial charge in [-0.3, -0.25) is 9.69 Å². The lowest BCUT2D eigenvalue weighted by atomic mass is 10.1. The number of carbonyl (C=O) groups excluding carboxylic acids is 1. The monoisotopic (exact) mass is 377 g/mol. The van der Waals surface area contributed by atoms with Crippen LogP contribution in [0.15, 0.2) is 47.4 Å². The molecule has 0 aromatic heterocycles. The smallest absolute Gasteiger partial charge is 0.238 e. The maximum absolute atomic E-state index is 13.3. The Morgan fingerprint density at radius 3 is 2.62 bits per heavy atom. The van der Waals surface area contributed by atoms with E-state index in [2.05, 4.69) is 5.32 Å². The molecular formula is C18H20FN3O3S. The van der Waals surface area contributed by atoms with Gasteiger partial charge in [0.1, 0.15) is 11.9 Å². The van der Waals surface area contributed by atoms with E-state index in [1.165, 1.54) is 24.3 Å². The average molecular weight is 377 g/mol. The van der Waals surface area contributed by atoms with Crippen molar-refractivity contribution in [2.75, 3.05) is 6.54 Å². The molecule has 3 rings (SSSR count). The van der Waals surface area contributed by atoms with Crippen LogP contribution in [0.2, 0.25) is 0 Å². The molecule has 6 nitrogen and oxygen atoms in total. The van der Waals surface area contributed by atoms with Crippen LogP contribution >= 0.6 is 0 Å². The summed E-state index contributed by atoms with van der Waals surface area (Å²) in [5.74, 6) is -0.383. The highest BCUT2D eigenvalue weighted by atomic mass is 32.2. The standard InChI is InChI=1S/C18H20FN3O3S/c1-12-2-5-15(19)8-14(12)10-22-11-17(22)18(23)21-9-13-3-6-16(7-4-13)26(20,24)25/h2-8,17H,9-11H2,1H3,(H,21,23)(H2,20,24,25). The zero-order chi connectivity index (χ0) is 18.9. The minimum Gasteiger partial charge on any atom is -0.351 e. The lowest BCUT2D eigenvalue weighted by molar-refractivity contribution is -0.121. The van der Waals surface area contributed by atoms with E-state index >= 15 is 0 Å². The van der Waals surface area contributed by atoms with Gasteiger partial charge in [0, 0.05) is 19.6 Å². The minimum absolute atomic E-state index is 0.0337. The Morgan fingerprint density at radius 1 is 1.27 bits per heavy atom. The maximum Gasteiger partial charge on any atom is 0.238 e. The summed E-state index contributed by atoms with van der Waals surface area (Å²) in [6.45, 7) is 3.38. The first kappa shape index (κ1) is 18.5. The molecule has 1 amide bonds. The van der Waals surface area contributed by atoms with Gasteiger partial charge in [0.2, 0.25) is 15.9 Å². The molecule has 2 unspecified atom stereocenters. The molecule has 0 bridgehead atoms. The van der Waals surface area contributed by atoms with Gasteiger partial charge in [-0.15, -0.1) is 0 Å². The fourth-order valence-electron chi connectivity index (χ4n) is 2.73. The van der Waals surface area contributed by atoms with E-state index in [1.807, 2.05) is 11.8 Å². The van der Waals surface area contributed by atoms with Crippen LogP contribution in [-0.2, 0) is 27.9 Å². The third-order valence-electron chi connectivity index (χ3n) is 4.42. The summed E-state index contributed by atoms with van der Waals surface area (Å²) < 4.78 is 35.8. The number of nitrogens with two attached hydrogens (primary N) is 1. The average Bonchev–Trinajstić information content (AvgIpc) is 3.35. The predicted molar refractivity (Wildman–Crippen MR) is 95.0 cm³/mol. The number of halogens is 1. The molecule has 3 N–H and O–H groups in total. The maximum atomic E-state index is 13.3. The number of sulfonamides is 1. The van der Waals surface area contributed by atoms with E-state index < -0.39 is 10.0 Å². The first-order chi connectivity index (χ1) is 12.2. The summed E-state index contributed by atoms with van der Waals surface area (Å²) in [5.41, 5.74) is 2.64. The molecule has 2 aromatic rings. The Labute approximate surface area is 151 Å². The lowest BCUT2D eigenvalue weighted by Crippen LogP contribution is -2.29. The number of nitrogens with zero attached hydrogens (tertiary/aromatic N) is 1. The highest BCUT2D eigenvalue weighted by Crippen LogP contribution is 2.23. The highest BCUT2D eigenvalue weighted by Gasteiger charge is 2.40. The Bertz CT molecular complexity index is 929. The van der Waals surface area contributed by atoms with E-state index in [0.717, 1.165) is 16.7 Å². The molecule has 0 aliphatic carbocycles. The number of primary sulfonamides is 1. The molecular weight excluding hydrogens is 357 g/mol. The SMILES string of the molecule is Cc1ccc(F)cc1CN1CC1C(=O)NCc1ccc(S(N)(=O)=O)cc1. The van der Waals surface area contributed by atoms with Crippen molar-refractivity contribution in [3.05, 3.63) is 65.0 Å². The van der Waals surface area contributed by atoms with Crippen molar-refractivity contribution in [3.8, 4) is 0 Å². The third-order valence-corrected chi connectivity index (χ3v) is 5.35. The van der Waals surface area contributed by atoms with Crippen LogP contribution in [0.4, 0.5) is 4.39 Å². The summed E-state index contributed by atoms with van der Waals surface area (Å²) in [6.07, 6.45) is 0. The number of aryl methyl sites for hydroxylation is 1. The van der Waals surface area contributed by atoms with E-state index in [4.69, 9.17) is 5.14 Å². The molecule has 0 spiro atoms. The van der Waals surface area contributed by atoms with Crippen molar-refractivity contribution in [3.63, 3.8) is 0 Å². The highest BCUT2D eigenvalue weighted by molar-refractivity contribution is 7.89. The molecule has 26 heavy (non-hydrogen) atoms. The first-order valence-corrected chi connectivity index (χ1v) is 9.67. The van der Waals surface area contributed by atoms with Gasteiger partial charge < -0.3 is 5.32 Å². The van der Waals surface area contributed by atoms with Crippen molar-refractivity contribution in [1.29, 1.82) is 0 Å². The van der Waals surface area contributed by atoms with Crippen molar-refractivity contribution < 1.29 is 17.6 Å². The van der Waals surface area contributed by atoms with Gasteiger partial charge in [-0.2, -0.15) is 0 Å². The number of hydrogen-bond donors (Lipinski definition) is 2. The van der Waals surface area contributed by atoms with Crippen LogP contribution in [0.1, 0.15) is 16.7 Å². The van der Waals surface area contributed by atoms with E-state index in [0.29, 0.717) is 19.6 Å². The summed E-state index contributed by atoms with van der Waals surface area (Å²) in [7, 11) is -3.72. The molecule has 0 saturated carbocycles. The van der Waals surface area contributed by atoms with Crippen LogP contribution in [0.3, 0.4) is 0 Å². The Morgan fingerprint density at radius 2 is 1.96 bits per heavy atom. The summed E-state index contributed by atoms with van der Waals surface area (Å²) in [6, 6.07) is 10.5. The number of hydrogen-bond acceptors (Lipinski definition) is 4. The minimum atomic E-state index is -3.72. The van der Waals surface area contributed by atoms with Crippen LogP contribution in [0, 0.1) is 12.7 Å². The number of amides is 1. The molecule has 1 aliphatic rings. The second-order valence-electron chi connectivity index (χ2n) is 6.42. The largest absolute Gasteiger partial charge is 0.351 e. The second-order valence-corrected chi connectivity index (χ2v) is 7.98. The van der Waals surface area contributed by atoms with Gasteiger partial charge in [-0.05, 0) is 47.9 Å². The fraction of sp³-hybridized carbons (Fsp3) is 0.278. The van der Waals surface area contributed by atoms with Gasteiger partial charge in [-0.25, -0.2) is 17.9 Å². The number of carbonyl (C=O) groups is 1. The van der Waals surface area contributed by atoms with Crippen molar-refractivity contribution in [1.82, 2.24) is 10.2 Å². The Hall–Kier alpha value is -2.29. The van der Waals surface area contributed by atoms with Crippen LogP contribution in [-0.4, -0.2) is 31.8 Å². The van der Waals surface area contributed by atoms with Crippen LogP contribution in [0.5, 0.6) is 0 Å². The van der Waals surface area contributed by atoms with Crippen molar-refractivity contribution >= 4 is 15.9 Å². The van der Waals surface area contributed by atoms with Crippen molar-refractivity contribution in [2.24, 2.45) is 5.14 Å². The molecule has 1 heterocycles. The van der Waals surface area contributed by atoms with Gasteiger partial charge in [0.15, 0.2) is 0 Å². The van der Waals surface area contributed by atoms with Gasteiger partial charge in [0.05, 0.1) is 4.90 Å². The fourth-order valence-corrected chi connectivity index (χ4v) is 3.25. The molecule has 0 radical (unpaired) electrons. The zero-order valence-electron chi connectivity index (χ0n) is 14.3. The number of rotatable bonds is 6. The zero-order valence-corrected chi connectivity index (χ0v) is 15.1. The molecule has 1 fully saturated rings. The van der Waals surface area contributed by atoms with E-state index in [-0.39, 0.29) is 22.7 Å². The molecule has 138 valence electrons. The predicted octanol–water partition coefficient (Wildman–Crippen LogP) is 1.28. The molecule has 8 heteroatoms. The third kappa shape index (κ3) is 4.46. The molecule has 2 aromatic carbocycles. The van der Waals surface area contributed by atoms with E-state index in [9.17, 15) is 17.6 Å². The summed E-state index contributed by atoms with van der Waals surface area (Å²) >= 11 is 0. The van der Waals surface area contributed by atoms with Crippen LogP contribution < -0.4 is 10.5 Å². The second kappa shape index (κ2) is 7.14. The molecule has 1 aliphatic heterocycles. The first-order valence-electron chi connectivity index (χ1n) is 8.12. The topological polar surface area (TPSA) is 92.3 Å². The van der Waals surface area contributed by atoms with Crippen molar-refractivity contribution in [2.45, 2.75) is 31.0 Å². The van der Waals surface area contributed by atoms with Crippen LogP contribution in [0.25, 0.3) is 0 Å². The van der Waals surface area contributed by atoms with E-state index in [1.54, 1.807) is 18.2 Å². The van der Waals surface area contributed by atoms with Gasteiger partial charge >= 0.3 is 0 Å². The normalized spacial score (nSPS) is 19.2. The van der Waals surface area contributed by atoms with Gasteiger partial charge in [-0.1, -0.05) is 18.2 Å². The number of nitrogens with one attached hydrogen (secondary N) is 1.